The molecule has 82 valence electrons. The standard InChI is InChI=1S/C7H11N3.2C2H6/c1-4-5-7-6(2)10(3)9-8-7;2*1-2/h4-5H,1-3H3;2*1-2H3/b5-4-;;. The third-order valence-corrected chi connectivity index (χ3v) is 1.47. The summed E-state index contributed by atoms with van der Waals surface area (Å²) in [4.78, 5) is 0. The Balaban J connectivity index is 0. The second-order valence-corrected chi connectivity index (χ2v) is 2.18. The molecule has 1 rings (SSSR count). The molecule has 0 bridgehead atoms. The first-order chi connectivity index (χ1) is 6.75. The van der Waals surface area contributed by atoms with Crippen LogP contribution in [0.25, 0.3) is 6.08 Å². The van der Waals surface area contributed by atoms with Gasteiger partial charge in [0, 0.05) is 7.05 Å². The third-order valence-electron chi connectivity index (χ3n) is 1.47. The highest BCUT2D eigenvalue weighted by molar-refractivity contribution is 5.45. The van der Waals surface area contributed by atoms with Gasteiger partial charge in [-0.1, -0.05) is 39.0 Å². The van der Waals surface area contributed by atoms with E-state index in [0.29, 0.717) is 0 Å². The zero-order valence-electron chi connectivity index (χ0n) is 10.5. The molecule has 1 heterocycles. The number of allylic oxidation sites excluding steroid dienone is 1. The maximum atomic E-state index is 3.93. The van der Waals surface area contributed by atoms with Gasteiger partial charge in [-0.05, 0) is 19.9 Å². The second kappa shape index (κ2) is 9.96. The molecule has 1 aromatic heterocycles. The van der Waals surface area contributed by atoms with Gasteiger partial charge in [0.2, 0.25) is 0 Å². The van der Waals surface area contributed by atoms with Crippen LogP contribution in [0.2, 0.25) is 0 Å². The minimum Gasteiger partial charge on any atom is -0.252 e. The molecule has 0 N–H and O–H groups in total. The van der Waals surface area contributed by atoms with Crippen LogP contribution in [0.5, 0.6) is 0 Å². The first-order valence-corrected chi connectivity index (χ1v) is 5.24. The van der Waals surface area contributed by atoms with E-state index in [0.717, 1.165) is 11.4 Å². The van der Waals surface area contributed by atoms with Gasteiger partial charge >= 0.3 is 0 Å². The Morgan fingerprint density at radius 3 is 1.93 bits per heavy atom. The quantitative estimate of drug-likeness (QED) is 0.692. The molecule has 0 aliphatic rings. The monoisotopic (exact) mass is 197 g/mol. The van der Waals surface area contributed by atoms with Gasteiger partial charge < -0.3 is 0 Å². The van der Waals surface area contributed by atoms with Gasteiger partial charge in [-0.15, -0.1) is 5.10 Å². The van der Waals surface area contributed by atoms with Crippen LogP contribution in [-0.2, 0) is 7.05 Å². The molecule has 0 atom stereocenters. The molecule has 0 saturated carbocycles. The normalized spacial score (nSPS) is 8.79. The van der Waals surface area contributed by atoms with Gasteiger partial charge in [0.25, 0.3) is 0 Å². The summed E-state index contributed by atoms with van der Waals surface area (Å²) in [5.74, 6) is 0. The Bertz CT molecular complexity index is 249. The Labute approximate surface area is 87.8 Å². The second-order valence-electron chi connectivity index (χ2n) is 2.18. The average Bonchev–Trinajstić information content (AvgIpc) is 2.56. The lowest BCUT2D eigenvalue weighted by molar-refractivity contribution is 0.696. The Morgan fingerprint density at radius 1 is 1.14 bits per heavy atom. The molecule has 14 heavy (non-hydrogen) atoms. The summed E-state index contributed by atoms with van der Waals surface area (Å²) < 4.78 is 1.76. The SMILES string of the molecule is C/C=C\c1nnn(C)c1C.CC.CC. The minimum atomic E-state index is 0.949. The Kier molecular flexibility index (Phi) is 10.9. The van der Waals surface area contributed by atoms with Crippen LogP contribution in [0.4, 0.5) is 0 Å². The lowest BCUT2D eigenvalue weighted by Crippen LogP contribution is -1.92. The van der Waals surface area contributed by atoms with E-state index in [2.05, 4.69) is 10.3 Å². The van der Waals surface area contributed by atoms with Crippen LogP contribution in [0, 0.1) is 6.92 Å². The summed E-state index contributed by atoms with van der Waals surface area (Å²) in [5.41, 5.74) is 2.04. The van der Waals surface area contributed by atoms with Crippen LogP contribution >= 0.6 is 0 Å². The molecule has 0 radical (unpaired) electrons. The number of aromatic nitrogens is 3. The van der Waals surface area contributed by atoms with E-state index in [1.807, 2.05) is 60.7 Å². The first-order valence-electron chi connectivity index (χ1n) is 5.24. The van der Waals surface area contributed by atoms with Crippen LogP contribution < -0.4 is 0 Å². The van der Waals surface area contributed by atoms with Crippen molar-refractivity contribution in [1.82, 2.24) is 15.0 Å². The third kappa shape index (κ3) is 4.80. The molecule has 0 aromatic carbocycles. The highest BCUT2D eigenvalue weighted by Crippen LogP contribution is 2.02. The van der Waals surface area contributed by atoms with Crippen LogP contribution in [0.1, 0.15) is 46.0 Å². The van der Waals surface area contributed by atoms with Crippen molar-refractivity contribution in [2.75, 3.05) is 0 Å². The molecule has 1 aromatic rings. The number of hydrogen-bond acceptors (Lipinski definition) is 2. The van der Waals surface area contributed by atoms with E-state index < -0.39 is 0 Å². The van der Waals surface area contributed by atoms with Gasteiger partial charge in [-0.3, -0.25) is 4.68 Å². The van der Waals surface area contributed by atoms with E-state index in [4.69, 9.17) is 0 Å². The molecule has 0 spiro atoms. The van der Waals surface area contributed by atoms with Crippen molar-refractivity contribution in [1.29, 1.82) is 0 Å². The van der Waals surface area contributed by atoms with Gasteiger partial charge in [0.05, 0.1) is 5.69 Å². The fourth-order valence-electron chi connectivity index (χ4n) is 0.732. The van der Waals surface area contributed by atoms with Gasteiger partial charge in [0.1, 0.15) is 5.69 Å². The maximum Gasteiger partial charge on any atom is 0.108 e. The van der Waals surface area contributed by atoms with Crippen molar-refractivity contribution in [3.05, 3.63) is 17.5 Å². The molecule has 0 saturated heterocycles. The molecule has 0 aliphatic carbocycles. The number of hydrogen-bond donors (Lipinski definition) is 0. The van der Waals surface area contributed by atoms with Crippen molar-refractivity contribution in [2.24, 2.45) is 7.05 Å². The van der Waals surface area contributed by atoms with Crippen LogP contribution in [-0.4, -0.2) is 15.0 Å². The highest BCUT2D eigenvalue weighted by atomic mass is 15.4. The fourth-order valence-corrected chi connectivity index (χ4v) is 0.732. The van der Waals surface area contributed by atoms with E-state index in [1.54, 1.807) is 4.68 Å². The van der Waals surface area contributed by atoms with Gasteiger partial charge in [-0.25, -0.2) is 0 Å². The van der Waals surface area contributed by atoms with E-state index in [-0.39, 0.29) is 0 Å². The summed E-state index contributed by atoms with van der Waals surface area (Å²) in [6, 6.07) is 0. The van der Waals surface area contributed by atoms with E-state index in [1.165, 1.54) is 0 Å². The molecule has 0 fully saturated rings. The van der Waals surface area contributed by atoms with Gasteiger partial charge in [0.15, 0.2) is 0 Å². The largest absolute Gasteiger partial charge is 0.252 e. The molecular formula is C11H23N3. The lowest BCUT2D eigenvalue weighted by Gasteiger charge is -1.89. The summed E-state index contributed by atoms with van der Waals surface area (Å²) >= 11 is 0. The first kappa shape index (κ1) is 15.4. The Morgan fingerprint density at radius 2 is 1.64 bits per heavy atom. The predicted octanol–water partition coefficient (Wildman–Crippen LogP) is 3.21. The number of aryl methyl sites for hydroxylation is 1. The summed E-state index contributed by atoms with van der Waals surface area (Å²) in [6.45, 7) is 12.0. The molecule has 0 amide bonds. The van der Waals surface area contributed by atoms with Crippen LogP contribution in [0.15, 0.2) is 6.08 Å². The predicted molar refractivity (Wildman–Crippen MR) is 63.1 cm³/mol. The molecule has 0 aliphatic heterocycles. The molecule has 3 nitrogen and oxygen atoms in total. The molecule has 0 unspecified atom stereocenters. The van der Waals surface area contributed by atoms with Crippen molar-refractivity contribution in [2.45, 2.75) is 41.5 Å². The Hall–Kier alpha value is -1.12. The number of rotatable bonds is 1. The topological polar surface area (TPSA) is 30.7 Å². The average molecular weight is 197 g/mol. The van der Waals surface area contributed by atoms with Crippen molar-refractivity contribution in [3.8, 4) is 0 Å². The minimum absolute atomic E-state index is 0.949. The zero-order chi connectivity index (χ0) is 11.6. The van der Waals surface area contributed by atoms with Crippen LogP contribution in [0.3, 0.4) is 0 Å². The van der Waals surface area contributed by atoms with E-state index in [9.17, 15) is 0 Å². The molecular weight excluding hydrogens is 174 g/mol. The highest BCUT2D eigenvalue weighted by Gasteiger charge is 1.99. The van der Waals surface area contributed by atoms with Crippen molar-refractivity contribution >= 4 is 6.08 Å². The number of nitrogens with zero attached hydrogens (tertiary/aromatic N) is 3. The van der Waals surface area contributed by atoms with Crippen molar-refractivity contribution in [3.63, 3.8) is 0 Å². The smallest absolute Gasteiger partial charge is 0.108 e. The lowest BCUT2D eigenvalue weighted by atomic mass is 10.3. The van der Waals surface area contributed by atoms with Crippen molar-refractivity contribution < 1.29 is 0 Å². The maximum absolute atomic E-state index is 3.93. The summed E-state index contributed by atoms with van der Waals surface area (Å²) in [5, 5.41) is 7.78. The summed E-state index contributed by atoms with van der Waals surface area (Å²) in [7, 11) is 1.88. The zero-order valence-corrected chi connectivity index (χ0v) is 10.5. The van der Waals surface area contributed by atoms with E-state index >= 15 is 0 Å². The molecule has 3 heteroatoms. The fraction of sp³-hybridized carbons (Fsp3) is 0.636. The summed E-state index contributed by atoms with van der Waals surface area (Å²) in [6.07, 6.45) is 3.90. The van der Waals surface area contributed by atoms with Gasteiger partial charge in [-0.2, -0.15) is 0 Å².